The van der Waals surface area contributed by atoms with Gasteiger partial charge in [0.25, 0.3) is 0 Å². The number of benzene rings is 1. The number of alkyl carbamates (subject to hydrolysis) is 1. The van der Waals surface area contributed by atoms with E-state index in [2.05, 4.69) is 5.32 Å². The Morgan fingerprint density at radius 2 is 1.65 bits per heavy atom. The third kappa shape index (κ3) is 6.59. The van der Waals surface area contributed by atoms with Gasteiger partial charge in [-0.3, -0.25) is 4.79 Å². The summed E-state index contributed by atoms with van der Waals surface area (Å²) in [4.78, 5) is 23.7. The van der Waals surface area contributed by atoms with E-state index in [1.165, 1.54) is 0 Å². The van der Waals surface area contributed by atoms with Crippen LogP contribution in [-0.4, -0.2) is 37.2 Å². The smallest absolute Gasteiger partial charge is 0.408 e. The topological polar surface area (TPSA) is 73.9 Å². The van der Waals surface area contributed by atoms with Crippen molar-refractivity contribution in [3.63, 3.8) is 0 Å². The van der Waals surface area contributed by atoms with Gasteiger partial charge in [0.15, 0.2) is 17.3 Å². The molecule has 0 spiro atoms. The zero-order valence-corrected chi connectivity index (χ0v) is 14.4. The fourth-order valence-electron chi connectivity index (χ4n) is 1.79. The average molecular weight is 323 g/mol. The van der Waals surface area contributed by atoms with Gasteiger partial charge in [0.2, 0.25) is 0 Å². The summed E-state index contributed by atoms with van der Waals surface area (Å²) in [6.07, 6.45) is -0.623. The Kier molecular flexibility index (Phi) is 6.88. The maximum absolute atomic E-state index is 12.2. The van der Waals surface area contributed by atoms with Crippen molar-refractivity contribution in [3.8, 4) is 11.5 Å². The van der Waals surface area contributed by atoms with E-state index in [9.17, 15) is 9.59 Å². The van der Waals surface area contributed by atoms with Crippen molar-refractivity contribution in [2.75, 3.05) is 19.8 Å². The van der Waals surface area contributed by atoms with Gasteiger partial charge in [0.05, 0.1) is 19.8 Å². The Hall–Kier alpha value is -2.24. The van der Waals surface area contributed by atoms with E-state index in [4.69, 9.17) is 14.2 Å². The lowest BCUT2D eigenvalue weighted by Gasteiger charge is -2.19. The van der Waals surface area contributed by atoms with Crippen LogP contribution in [0.4, 0.5) is 4.79 Å². The Bertz CT molecular complexity index is 548. The van der Waals surface area contributed by atoms with E-state index in [1.54, 1.807) is 39.0 Å². The summed E-state index contributed by atoms with van der Waals surface area (Å²) in [5, 5.41) is 2.45. The summed E-state index contributed by atoms with van der Waals surface area (Å²) in [7, 11) is 0. The summed E-state index contributed by atoms with van der Waals surface area (Å²) in [6.45, 7) is 9.84. The standard InChI is InChI=1S/C17H25NO5/c1-6-21-14-9-8-12(10-15(14)22-7-2)13(19)11-18-16(20)23-17(3,4)5/h8-10H,6-7,11H2,1-5H3,(H,18,20). The van der Waals surface area contributed by atoms with Gasteiger partial charge in [-0.15, -0.1) is 0 Å². The van der Waals surface area contributed by atoms with Gasteiger partial charge in [-0.2, -0.15) is 0 Å². The minimum Gasteiger partial charge on any atom is -0.490 e. The molecule has 0 unspecified atom stereocenters. The van der Waals surface area contributed by atoms with Crippen LogP contribution < -0.4 is 14.8 Å². The Labute approximate surface area is 137 Å². The third-order valence-electron chi connectivity index (χ3n) is 2.66. The zero-order chi connectivity index (χ0) is 17.5. The largest absolute Gasteiger partial charge is 0.490 e. The lowest BCUT2D eigenvalue weighted by atomic mass is 10.1. The van der Waals surface area contributed by atoms with E-state index >= 15 is 0 Å². The highest BCUT2D eigenvalue weighted by Gasteiger charge is 2.17. The second-order valence-electron chi connectivity index (χ2n) is 5.81. The molecule has 0 heterocycles. The molecule has 0 saturated heterocycles. The quantitative estimate of drug-likeness (QED) is 0.780. The van der Waals surface area contributed by atoms with Crippen LogP contribution in [0.2, 0.25) is 0 Å². The molecule has 1 aromatic carbocycles. The van der Waals surface area contributed by atoms with E-state index in [0.29, 0.717) is 30.3 Å². The lowest BCUT2D eigenvalue weighted by molar-refractivity contribution is 0.0520. The number of carbonyl (C=O) groups excluding carboxylic acids is 2. The normalized spacial score (nSPS) is 10.8. The van der Waals surface area contributed by atoms with Gasteiger partial charge in [0.1, 0.15) is 5.60 Å². The number of Topliss-reactive ketones (excluding diaryl/α,β-unsaturated/α-hetero) is 1. The predicted octanol–water partition coefficient (Wildman–Crippen LogP) is 3.19. The molecule has 0 aromatic heterocycles. The number of hydrogen-bond acceptors (Lipinski definition) is 5. The molecular weight excluding hydrogens is 298 g/mol. The van der Waals surface area contributed by atoms with Crippen molar-refractivity contribution >= 4 is 11.9 Å². The van der Waals surface area contributed by atoms with Gasteiger partial charge in [-0.1, -0.05) is 0 Å². The molecule has 1 amide bonds. The minimum absolute atomic E-state index is 0.144. The number of nitrogens with one attached hydrogen (secondary N) is 1. The molecule has 0 fully saturated rings. The molecule has 1 N–H and O–H groups in total. The first kappa shape index (κ1) is 18.8. The molecule has 0 aliphatic carbocycles. The lowest BCUT2D eigenvalue weighted by Crippen LogP contribution is -2.35. The van der Waals surface area contributed by atoms with E-state index in [1.807, 2.05) is 13.8 Å². The number of amides is 1. The summed E-state index contributed by atoms with van der Waals surface area (Å²) in [5.41, 5.74) is -0.165. The molecule has 1 rings (SSSR count). The molecule has 0 radical (unpaired) electrons. The fraction of sp³-hybridized carbons (Fsp3) is 0.529. The Balaban J connectivity index is 2.72. The molecular formula is C17H25NO5. The van der Waals surface area contributed by atoms with Crippen LogP contribution in [0.3, 0.4) is 0 Å². The summed E-state index contributed by atoms with van der Waals surface area (Å²) in [5.74, 6) is 0.864. The summed E-state index contributed by atoms with van der Waals surface area (Å²) < 4.78 is 16.0. The third-order valence-corrected chi connectivity index (χ3v) is 2.66. The van der Waals surface area contributed by atoms with Gasteiger partial charge in [0, 0.05) is 5.56 Å². The van der Waals surface area contributed by atoms with Crippen LogP contribution in [0, 0.1) is 0 Å². The number of rotatable bonds is 7. The van der Waals surface area contributed by atoms with Gasteiger partial charge >= 0.3 is 6.09 Å². The van der Waals surface area contributed by atoms with Crippen LogP contribution in [0.5, 0.6) is 11.5 Å². The predicted molar refractivity (Wildman–Crippen MR) is 87.3 cm³/mol. The van der Waals surface area contributed by atoms with Crippen molar-refractivity contribution < 1.29 is 23.8 Å². The Morgan fingerprint density at radius 3 is 2.22 bits per heavy atom. The summed E-state index contributed by atoms with van der Waals surface area (Å²) in [6, 6.07) is 4.95. The van der Waals surface area contributed by atoms with Crippen molar-refractivity contribution in [3.05, 3.63) is 23.8 Å². The van der Waals surface area contributed by atoms with E-state index < -0.39 is 11.7 Å². The van der Waals surface area contributed by atoms with Crippen molar-refractivity contribution in [2.24, 2.45) is 0 Å². The molecule has 0 aliphatic rings. The van der Waals surface area contributed by atoms with Crippen LogP contribution >= 0.6 is 0 Å². The van der Waals surface area contributed by atoms with Crippen molar-refractivity contribution in [1.82, 2.24) is 5.32 Å². The van der Waals surface area contributed by atoms with Crippen LogP contribution in [-0.2, 0) is 4.74 Å². The van der Waals surface area contributed by atoms with E-state index in [-0.39, 0.29) is 12.3 Å². The molecule has 23 heavy (non-hydrogen) atoms. The number of ether oxygens (including phenoxy) is 3. The van der Waals surface area contributed by atoms with Gasteiger partial charge in [-0.25, -0.2) is 4.79 Å². The first-order valence-corrected chi connectivity index (χ1v) is 7.66. The number of hydrogen-bond donors (Lipinski definition) is 1. The summed E-state index contributed by atoms with van der Waals surface area (Å²) >= 11 is 0. The SMILES string of the molecule is CCOc1ccc(C(=O)CNC(=O)OC(C)(C)C)cc1OCC. The Morgan fingerprint density at radius 1 is 1.04 bits per heavy atom. The molecule has 1 aromatic rings. The fourth-order valence-corrected chi connectivity index (χ4v) is 1.79. The number of ketones is 1. The van der Waals surface area contributed by atoms with Crippen LogP contribution in [0.1, 0.15) is 45.0 Å². The molecule has 0 aliphatic heterocycles. The minimum atomic E-state index is -0.623. The zero-order valence-electron chi connectivity index (χ0n) is 14.4. The van der Waals surface area contributed by atoms with E-state index in [0.717, 1.165) is 0 Å². The molecule has 0 bridgehead atoms. The molecule has 0 atom stereocenters. The highest BCUT2D eigenvalue weighted by molar-refractivity contribution is 5.99. The monoisotopic (exact) mass is 323 g/mol. The maximum Gasteiger partial charge on any atom is 0.408 e. The van der Waals surface area contributed by atoms with Gasteiger partial charge in [-0.05, 0) is 52.8 Å². The van der Waals surface area contributed by atoms with Crippen molar-refractivity contribution in [1.29, 1.82) is 0 Å². The molecule has 128 valence electrons. The maximum atomic E-state index is 12.2. The first-order chi connectivity index (χ1) is 10.8. The van der Waals surface area contributed by atoms with Crippen LogP contribution in [0.25, 0.3) is 0 Å². The highest BCUT2D eigenvalue weighted by Crippen LogP contribution is 2.28. The molecule has 0 saturated carbocycles. The first-order valence-electron chi connectivity index (χ1n) is 7.66. The number of carbonyl (C=O) groups is 2. The second kappa shape index (κ2) is 8.41. The highest BCUT2D eigenvalue weighted by atomic mass is 16.6. The molecule has 6 heteroatoms. The molecule has 6 nitrogen and oxygen atoms in total. The average Bonchev–Trinajstić information content (AvgIpc) is 2.45. The second-order valence-corrected chi connectivity index (χ2v) is 5.81. The van der Waals surface area contributed by atoms with Crippen molar-refractivity contribution in [2.45, 2.75) is 40.2 Å². The van der Waals surface area contributed by atoms with Crippen LogP contribution in [0.15, 0.2) is 18.2 Å². The van der Waals surface area contributed by atoms with Gasteiger partial charge < -0.3 is 19.5 Å².